The molecule has 4 rings (SSSR count). The van der Waals surface area contributed by atoms with Crippen LogP contribution in [0.1, 0.15) is 62.2 Å². The van der Waals surface area contributed by atoms with Gasteiger partial charge in [-0.25, -0.2) is 0 Å². The van der Waals surface area contributed by atoms with Gasteiger partial charge >= 0.3 is 0 Å². The molecule has 0 spiro atoms. The highest BCUT2D eigenvalue weighted by Crippen LogP contribution is 2.36. The summed E-state index contributed by atoms with van der Waals surface area (Å²) in [6, 6.07) is 9.44. The van der Waals surface area contributed by atoms with Crippen molar-refractivity contribution in [3.05, 3.63) is 41.5 Å². The van der Waals surface area contributed by atoms with Crippen LogP contribution in [0.2, 0.25) is 0 Å². The average molecular weight is 310 g/mol. The van der Waals surface area contributed by atoms with Crippen LogP contribution in [0.3, 0.4) is 0 Å². The number of benzene rings is 1. The summed E-state index contributed by atoms with van der Waals surface area (Å²) in [5, 5.41) is 9.02. The molecule has 1 aliphatic carbocycles. The van der Waals surface area contributed by atoms with Gasteiger partial charge in [0.25, 0.3) is 0 Å². The molecule has 1 saturated carbocycles. The number of fused-ring (bicyclic) bond motifs is 1. The maximum atomic E-state index is 4.53. The molecule has 0 unspecified atom stereocenters. The van der Waals surface area contributed by atoms with Crippen molar-refractivity contribution in [1.82, 2.24) is 14.8 Å². The number of aromatic nitrogens is 3. The summed E-state index contributed by atoms with van der Waals surface area (Å²) in [6.45, 7) is 3.16. The Balaban J connectivity index is 1.63. The highest BCUT2D eigenvalue weighted by atomic mass is 15.3. The molecule has 0 N–H and O–H groups in total. The van der Waals surface area contributed by atoms with Crippen LogP contribution in [0, 0.1) is 0 Å². The molecule has 4 heteroatoms. The predicted molar refractivity (Wildman–Crippen MR) is 92.6 cm³/mol. The van der Waals surface area contributed by atoms with Crippen LogP contribution in [-0.4, -0.2) is 20.8 Å². The summed E-state index contributed by atoms with van der Waals surface area (Å²) in [5.74, 6) is 2.92. The van der Waals surface area contributed by atoms with E-state index in [9.17, 15) is 0 Å². The third-order valence-corrected chi connectivity index (χ3v) is 5.74. The summed E-state index contributed by atoms with van der Waals surface area (Å²) < 4.78 is 2.24. The standard InChI is InChI=1S/C19H26N4/c1-3-16-12-11-14-7-4-5-10-17(14)23(16)13-18-20-21-19(22(18)2)15-8-6-9-15/h4-5,7,10,15-16H,3,6,8-9,11-13H2,1-2H3/t16-/m0/s1. The second-order valence-electron chi connectivity index (χ2n) is 7.02. The summed E-state index contributed by atoms with van der Waals surface area (Å²) >= 11 is 0. The molecule has 0 saturated heterocycles. The topological polar surface area (TPSA) is 34.0 Å². The number of aryl methyl sites for hydroxylation is 1. The molecule has 2 aromatic rings. The first-order valence-electron chi connectivity index (χ1n) is 9.00. The molecular formula is C19H26N4. The molecule has 0 bridgehead atoms. The number of nitrogens with zero attached hydrogens (tertiary/aromatic N) is 4. The van der Waals surface area contributed by atoms with E-state index in [0.717, 1.165) is 12.4 Å². The van der Waals surface area contributed by atoms with E-state index >= 15 is 0 Å². The van der Waals surface area contributed by atoms with Crippen LogP contribution in [0.4, 0.5) is 5.69 Å². The van der Waals surface area contributed by atoms with Gasteiger partial charge in [-0.2, -0.15) is 0 Å². The SMILES string of the molecule is CC[C@H]1CCc2ccccc2N1Cc1nnc(C2CCC2)n1C. The molecule has 23 heavy (non-hydrogen) atoms. The fourth-order valence-electron chi connectivity index (χ4n) is 4.00. The minimum Gasteiger partial charge on any atom is -0.361 e. The van der Waals surface area contributed by atoms with Crippen molar-refractivity contribution in [2.45, 2.75) is 64.0 Å². The van der Waals surface area contributed by atoms with Crippen LogP contribution in [0.15, 0.2) is 24.3 Å². The van der Waals surface area contributed by atoms with Crippen LogP contribution >= 0.6 is 0 Å². The van der Waals surface area contributed by atoms with E-state index in [1.54, 1.807) is 0 Å². The van der Waals surface area contributed by atoms with Crippen molar-refractivity contribution >= 4 is 5.69 Å². The maximum absolute atomic E-state index is 4.53. The van der Waals surface area contributed by atoms with Gasteiger partial charge in [-0.1, -0.05) is 31.5 Å². The molecule has 1 atom stereocenters. The lowest BCUT2D eigenvalue weighted by Gasteiger charge is -2.38. The Morgan fingerprint density at radius 1 is 1.13 bits per heavy atom. The molecular weight excluding hydrogens is 284 g/mol. The summed E-state index contributed by atoms with van der Waals surface area (Å²) in [5.41, 5.74) is 2.86. The first-order chi connectivity index (χ1) is 11.3. The van der Waals surface area contributed by atoms with Crippen molar-refractivity contribution in [2.75, 3.05) is 4.90 Å². The molecule has 4 nitrogen and oxygen atoms in total. The molecule has 1 aromatic heterocycles. The number of anilines is 1. The monoisotopic (exact) mass is 310 g/mol. The first-order valence-corrected chi connectivity index (χ1v) is 9.00. The van der Waals surface area contributed by atoms with Crippen LogP contribution in [0.25, 0.3) is 0 Å². The Bertz CT molecular complexity index is 686. The van der Waals surface area contributed by atoms with Gasteiger partial charge in [-0.3, -0.25) is 0 Å². The van der Waals surface area contributed by atoms with Gasteiger partial charge < -0.3 is 9.47 Å². The van der Waals surface area contributed by atoms with E-state index < -0.39 is 0 Å². The molecule has 122 valence electrons. The number of hydrogen-bond donors (Lipinski definition) is 0. The Hall–Kier alpha value is -1.84. The molecule has 2 aliphatic rings. The highest BCUT2D eigenvalue weighted by molar-refractivity contribution is 5.56. The van der Waals surface area contributed by atoms with E-state index in [4.69, 9.17) is 0 Å². The number of para-hydroxylation sites is 1. The lowest BCUT2D eigenvalue weighted by Crippen LogP contribution is -2.39. The minimum atomic E-state index is 0.605. The van der Waals surface area contributed by atoms with Crippen LogP contribution in [-0.2, 0) is 20.0 Å². The van der Waals surface area contributed by atoms with Crippen molar-refractivity contribution in [2.24, 2.45) is 7.05 Å². The number of hydrogen-bond acceptors (Lipinski definition) is 3. The smallest absolute Gasteiger partial charge is 0.152 e. The van der Waals surface area contributed by atoms with Crippen molar-refractivity contribution in [3.63, 3.8) is 0 Å². The van der Waals surface area contributed by atoms with Crippen molar-refractivity contribution in [3.8, 4) is 0 Å². The van der Waals surface area contributed by atoms with Crippen molar-refractivity contribution in [1.29, 1.82) is 0 Å². The predicted octanol–water partition coefficient (Wildman–Crippen LogP) is 3.81. The summed E-state index contributed by atoms with van der Waals surface area (Å²) in [4.78, 5) is 2.55. The fraction of sp³-hybridized carbons (Fsp3) is 0.579. The Morgan fingerprint density at radius 3 is 2.70 bits per heavy atom. The second kappa shape index (κ2) is 5.99. The first kappa shape index (κ1) is 14.7. The van der Waals surface area contributed by atoms with E-state index in [0.29, 0.717) is 12.0 Å². The number of rotatable bonds is 4. The van der Waals surface area contributed by atoms with Gasteiger partial charge in [-0.15, -0.1) is 10.2 Å². The Labute approximate surface area is 138 Å². The zero-order valence-electron chi connectivity index (χ0n) is 14.2. The van der Waals surface area contributed by atoms with E-state index in [1.807, 2.05) is 0 Å². The Morgan fingerprint density at radius 2 is 1.96 bits per heavy atom. The largest absolute Gasteiger partial charge is 0.361 e. The zero-order chi connectivity index (χ0) is 15.8. The van der Waals surface area contributed by atoms with E-state index in [1.165, 1.54) is 55.6 Å². The lowest BCUT2D eigenvalue weighted by atomic mass is 9.85. The highest BCUT2D eigenvalue weighted by Gasteiger charge is 2.28. The third-order valence-electron chi connectivity index (χ3n) is 5.74. The molecule has 1 aliphatic heterocycles. The second-order valence-corrected chi connectivity index (χ2v) is 7.02. The van der Waals surface area contributed by atoms with Gasteiger partial charge in [0.05, 0.1) is 6.54 Å². The van der Waals surface area contributed by atoms with Crippen LogP contribution in [0.5, 0.6) is 0 Å². The van der Waals surface area contributed by atoms with Gasteiger partial charge in [-0.05, 0) is 43.7 Å². The van der Waals surface area contributed by atoms with Gasteiger partial charge in [0, 0.05) is 24.7 Å². The lowest BCUT2D eigenvalue weighted by molar-refractivity contribution is 0.391. The third kappa shape index (κ3) is 2.54. The molecule has 1 aromatic carbocycles. The molecule has 0 radical (unpaired) electrons. The van der Waals surface area contributed by atoms with Gasteiger partial charge in [0.1, 0.15) is 5.82 Å². The normalized spacial score (nSPS) is 21.1. The molecule has 2 heterocycles. The van der Waals surface area contributed by atoms with Crippen molar-refractivity contribution < 1.29 is 0 Å². The maximum Gasteiger partial charge on any atom is 0.152 e. The summed E-state index contributed by atoms with van der Waals surface area (Å²) in [7, 11) is 2.14. The fourth-order valence-corrected chi connectivity index (χ4v) is 4.00. The van der Waals surface area contributed by atoms with Gasteiger partial charge in [0.2, 0.25) is 0 Å². The Kier molecular flexibility index (Phi) is 3.83. The zero-order valence-corrected chi connectivity index (χ0v) is 14.2. The van der Waals surface area contributed by atoms with E-state index in [2.05, 4.69) is 57.9 Å². The van der Waals surface area contributed by atoms with E-state index in [-0.39, 0.29) is 0 Å². The minimum absolute atomic E-state index is 0.605. The van der Waals surface area contributed by atoms with Crippen LogP contribution < -0.4 is 4.90 Å². The molecule has 1 fully saturated rings. The average Bonchev–Trinajstić information content (AvgIpc) is 2.87. The van der Waals surface area contributed by atoms with Gasteiger partial charge in [0.15, 0.2) is 5.82 Å². The quantitative estimate of drug-likeness (QED) is 0.861. The summed E-state index contributed by atoms with van der Waals surface area (Å²) in [6.07, 6.45) is 7.50. The molecule has 0 amide bonds.